The zero-order valence-corrected chi connectivity index (χ0v) is 23.7. The van der Waals surface area contributed by atoms with Crippen molar-refractivity contribution in [3.8, 4) is 21.5 Å². The molecule has 10 aromatic rings. The normalized spacial score (nSPS) is 12.5. The minimum atomic E-state index is 0.664. The topological polar surface area (TPSA) is 52.1 Å². The number of oxazole rings is 2. The number of fused-ring (bicyclic) bond motifs is 9. The first-order chi connectivity index (χ1) is 19.7. The molecule has 4 nitrogen and oxygen atoms in total. The van der Waals surface area contributed by atoms with Gasteiger partial charge in [-0.25, -0.2) is 9.97 Å². The number of rotatable bonds is 2. The molecule has 0 aliphatic carbocycles. The molecule has 40 heavy (non-hydrogen) atoms. The average molecular weight is 587 g/mol. The lowest BCUT2D eigenvalue weighted by molar-refractivity contribution is 0.621. The summed E-state index contributed by atoms with van der Waals surface area (Å²) >= 11 is 7.11. The van der Waals surface area contributed by atoms with E-state index in [4.69, 9.17) is 18.8 Å². The fraction of sp³-hybridized carbons (Fsp3) is 0. The molecule has 0 radical (unpaired) electrons. The predicted octanol–water partition coefficient (Wildman–Crippen LogP) is 11.3. The SMILES string of the molecule is c1ccc2c(c1)sc1cc(-c3nc4cc5cc6oc(-c7cc8sc9ccccc9c8s7)nc6cc5cc4o3)sc12. The van der Waals surface area contributed by atoms with Crippen LogP contribution in [0.25, 0.3) is 93.5 Å². The van der Waals surface area contributed by atoms with E-state index in [9.17, 15) is 0 Å². The van der Waals surface area contributed by atoms with Gasteiger partial charge in [-0.2, -0.15) is 0 Å². The van der Waals surface area contributed by atoms with E-state index in [0.717, 1.165) is 42.7 Å². The number of hydrogen-bond acceptors (Lipinski definition) is 8. The van der Waals surface area contributed by atoms with E-state index in [0.29, 0.717) is 11.8 Å². The van der Waals surface area contributed by atoms with Crippen molar-refractivity contribution < 1.29 is 8.83 Å². The van der Waals surface area contributed by atoms with Crippen LogP contribution in [0.3, 0.4) is 0 Å². The molecule has 0 bridgehead atoms. The Morgan fingerprint density at radius 2 is 0.950 bits per heavy atom. The molecule has 0 amide bonds. The number of hydrogen-bond donors (Lipinski definition) is 0. The van der Waals surface area contributed by atoms with Crippen molar-refractivity contribution in [1.29, 1.82) is 0 Å². The monoisotopic (exact) mass is 586 g/mol. The molecule has 6 aromatic heterocycles. The minimum Gasteiger partial charge on any atom is -0.435 e. The summed E-state index contributed by atoms with van der Waals surface area (Å²) in [6.45, 7) is 0. The van der Waals surface area contributed by atoms with Gasteiger partial charge in [0, 0.05) is 29.6 Å². The van der Waals surface area contributed by atoms with E-state index in [1.165, 1.54) is 39.0 Å². The summed E-state index contributed by atoms with van der Waals surface area (Å²) in [7, 11) is 0. The highest BCUT2D eigenvalue weighted by molar-refractivity contribution is 7.34. The van der Waals surface area contributed by atoms with Crippen LogP contribution in [-0.2, 0) is 0 Å². The molecule has 0 atom stereocenters. The highest BCUT2D eigenvalue weighted by Crippen LogP contribution is 2.45. The second-order valence-electron chi connectivity index (χ2n) is 9.83. The molecule has 0 spiro atoms. The zero-order valence-electron chi connectivity index (χ0n) is 20.4. The third-order valence-corrected chi connectivity index (χ3v) is 12.2. The third kappa shape index (κ3) is 3.04. The van der Waals surface area contributed by atoms with Gasteiger partial charge in [0.25, 0.3) is 0 Å². The van der Waals surface area contributed by atoms with E-state index >= 15 is 0 Å². The molecule has 0 fully saturated rings. The number of benzene rings is 4. The van der Waals surface area contributed by atoms with Gasteiger partial charge < -0.3 is 8.83 Å². The third-order valence-electron chi connectivity index (χ3n) is 7.37. The highest BCUT2D eigenvalue weighted by atomic mass is 32.1. The Morgan fingerprint density at radius 3 is 1.45 bits per heavy atom. The van der Waals surface area contributed by atoms with Crippen molar-refractivity contribution >= 4 is 117 Å². The molecular weight excluding hydrogens is 573 g/mol. The van der Waals surface area contributed by atoms with E-state index in [1.54, 1.807) is 22.7 Å². The summed E-state index contributed by atoms with van der Waals surface area (Å²) < 4.78 is 20.3. The largest absolute Gasteiger partial charge is 0.435 e. The van der Waals surface area contributed by atoms with Gasteiger partial charge >= 0.3 is 0 Å². The van der Waals surface area contributed by atoms with E-state index in [1.807, 2.05) is 22.7 Å². The fourth-order valence-corrected chi connectivity index (χ4v) is 10.4. The molecule has 4 aromatic carbocycles. The molecule has 8 heteroatoms. The Morgan fingerprint density at radius 1 is 0.475 bits per heavy atom. The van der Waals surface area contributed by atoms with Crippen LogP contribution in [0.4, 0.5) is 0 Å². The van der Waals surface area contributed by atoms with Crippen LogP contribution in [0, 0.1) is 0 Å². The van der Waals surface area contributed by atoms with Crippen LogP contribution in [0.1, 0.15) is 0 Å². The Labute approximate surface area is 241 Å². The van der Waals surface area contributed by atoms with Crippen LogP contribution < -0.4 is 0 Å². The molecule has 0 unspecified atom stereocenters. The van der Waals surface area contributed by atoms with Crippen molar-refractivity contribution in [2.24, 2.45) is 0 Å². The highest BCUT2D eigenvalue weighted by Gasteiger charge is 2.18. The molecule has 0 saturated carbocycles. The molecule has 188 valence electrons. The molecule has 0 aliphatic rings. The predicted molar refractivity (Wildman–Crippen MR) is 171 cm³/mol. The van der Waals surface area contributed by atoms with Crippen molar-refractivity contribution in [1.82, 2.24) is 9.97 Å². The minimum absolute atomic E-state index is 0.664. The summed E-state index contributed by atoms with van der Waals surface area (Å²) in [5, 5.41) is 4.70. The van der Waals surface area contributed by atoms with Crippen molar-refractivity contribution in [3.05, 3.63) is 84.9 Å². The number of nitrogens with zero attached hydrogens (tertiary/aromatic N) is 2. The Kier molecular flexibility index (Phi) is 4.22. The maximum atomic E-state index is 6.28. The van der Waals surface area contributed by atoms with Gasteiger partial charge in [0.1, 0.15) is 11.0 Å². The van der Waals surface area contributed by atoms with Crippen molar-refractivity contribution in [2.75, 3.05) is 0 Å². The quantitative estimate of drug-likeness (QED) is 0.202. The van der Waals surface area contributed by atoms with E-state index in [2.05, 4.69) is 84.9 Å². The van der Waals surface area contributed by atoms with Gasteiger partial charge in [-0.3, -0.25) is 0 Å². The van der Waals surface area contributed by atoms with E-state index in [-0.39, 0.29) is 0 Å². The second-order valence-corrected chi connectivity index (χ2v) is 14.1. The molecule has 0 N–H and O–H groups in total. The Balaban J connectivity index is 1.07. The average Bonchev–Trinajstić information content (AvgIpc) is 3.78. The first-order valence-corrected chi connectivity index (χ1v) is 16.0. The van der Waals surface area contributed by atoms with Crippen LogP contribution in [0.15, 0.2) is 93.8 Å². The zero-order chi connectivity index (χ0) is 25.9. The van der Waals surface area contributed by atoms with Gasteiger partial charge in [-0.05, 0) is 59.3 Å². The summed E-state index contributed by atoms with van der Waals surface area (Å²) in [5.74, 6) is 1.33. The van der Waals surface area contributed by atoms with Gasteiger partial charge in [0.15, 0.2) is 11.2 Å². The number of aromatic nitrogens is 2. The van der Waals surface area contributed by atoms with Gasteiger partial charge in [0.05, 0.1) is 19.2 Å². The van der Waals surface area contributed by atoms with Crippen LogP contribution in [-0.4, -0.2) is 9.97 Å². The van der Waals surface area contributed by atoms with Crippen molar-refractivity contribution in [2.45, 2.75) is 0 Å². The Bertz CT molecular complexity index is 2380. The second kappa shape index (κ2) is 7.77. The van der Waals surface area contributed by atoms with Crippen molar-refractivity contribution in [3.63, 3.8) is 0 Å². The Hall–Kier alpha value is -4.08. The fourth-order valence-electron chi connectivity index (χ4n) is 5.52. The molecule has 10 rings (SSSR count). The lowest BCUT2D eigenvalue weighted by Gasteiger charge is -1.96. The maximum absolute atomic E-state index is 6.28. The summed E-state index contributed by atoms with van der Waals surface area (Å²) in [6.07, 6.45) is 0. The summed E-state index contributed by atoms with van der Waals surface area (Å²) in [6, 6.07) is 29.8. The van der Waals surface area contributed by atoms with Crippen LogP contribution in [0.5, 0.6) is 0 Å². The first kappa shape index (κ1) is 21.7. The molecular formula is C32H14N2O2S4. The smallest absolute Gasteiger partial charge is 0.237 e. The molecule has 0 aliphatic heterocycles. The van der Waals surface area contributed by atoms with Crippen LogP contribution >= 0.6 is 45.3 Å². The molecule has 6 heterocycles. The molecule has 0 saturated heterocycles. The lowest BCUT2D eigenvalue weighted by Crippen LogP contribution is -1.76. The van der Waals surface area contributed by atoms with E-state index < -0.39 is 0 Å². The van der Waals surface area contributed by atoms with Gasteiger partial charge in [-0.1, -0.05) is 36.4 Å². The van der Waals surface area contributed by atoms with Crippen LogP contribution in [0.2, 0.25) is 0 Å². The summed E-state index contributed by atoms with van der Waals surface area (Å²) in [4.78, 5) is 11.8. The number of thiophene rings is 4. The maximum Gasteiger partial charge on any atom is 0.237 e. The summed E-state index contributed by atoms with van der Waals surface area (Å²) in [5.41, 5.74) is 3.23. The standard InChI is InChI=1S/C32H14N2O2S4/c1-3-7-23-17(5-1)29-25(37-23)13-27(39-29)31-33-19-9-15-12-22-20(10-16(15)11-21(19)35-31)34-32(36-22)28-14-26-30(40-28)18-6-2-4-8-24(18)38-26/h1-14H. The first-order valence-electron chi connectivity index (χ1n) is 12.7. The van der Waals surface area contributed by atoms with Gasteiger partial charge in [-0.15, -0.1) is 45.3 Å². The van der Waals surface area contributed by atoms with Gasteiger partial charge in [0.2, 0.25) is 11.8 Å². The lowest BCUT2D eigenvalue weighted by atomic mass is 10.1.